The summed E-state index contributed by atoms with van der Waals surface area (Å²) in [5.74, 6) is 0.203. The molecule has 0 aliphatic heterocycles. The zero-order valence-corrected chi connectivity index (χ0v) is 16.7. The van der Waals surface area contributed by atoms with Gasteiger partial charge in [0.25, 0.3) is 5.91 Å². The summed E-state index contributed by atoms with van der Waals surface area (Å²) < 4.78 is 12.5. The molecule has 2 aromatic carbocycles. The molecule has 3 aromatic rings. The van der Waals surface area contributed by atoms with Crippen LogP contribution in [0.3, 0.4) is 0 Å². The second kappa shape index (κ2) is 9.09. The van der Waals surface area contributed by atoms with Crippen molar-refractivity contribution in [3.8, 4) is 11.5 Å². The summed E-state index contributed by atoms with van der Waals surface area (Å²) in [6.07, 6.45) is 2.56. The number of carbonyl (C=O) groups excluding carboxylic acids is 2. The molecule has 8 heteroatoms. The van der Waals surface area contributed by atoms with Crippen molar-refractivity contribution in [2.75, 3.05) is 26.1 Å². The Bertz CT molecular complexity index is 1030. The Morgan fingerprint density at radius 1 is 1.14 bits per heavy atom. The van der Waals surface area contributed by atoms with E-state index in [1.165, 1.54) is 21.1 Å². The number of ether oxygens (including phenoxy) is 2. The average Bonchev–Trinajstić information content (AvgIpc) is 3.13. The van der Waals surface area contributed by atoms with Gasteiger partial charge in [0.15, 0.2) is 11.5 Å². The molecule has 0 fully saturated rings. The van der Waals surface area contributed by atoms with Crippen LogP contribution in [0.15, 0.2) is 42.6 Å². The highest BCUT2D eigenvalue weighted by Crippen LogP contribution is 2.36. The molecule has 0 atom stereocenters. The van der Waals surface area contributed by atoms with Crippen molar-refractivity contribution in [1.82, 2.24) is 15.1 Å². The number of aromatic nitrogens is 2. The molecule has 2 N–H and O–H groups in total. The van der Waals surface area contributed by atoms with E-state index in [4.69, 9.17) is 9.47 Å². The average molecular weight is 396 g/mol. The van der Waals surface area contributed by atoms with Crippen LogP contribution in [-0.2, 0) is 11.3 Å². The highest BCUT2D eigenvalue weighted by molar-refractivity contribution is 5.99. The summed E-state index contributed by atoms with van der Waals surface area (Å²) in [5, 5.41) is 11.0. The van der Waals surface area contributed by atoms with E-state index in [0.29, 0.717) is 35.8 Å². The quantitative estimate of drug-likeness (QED) is 0.571. The Morgan fingerprint density at radius 2 is 1.93 bits per heavy atom. The number of anilines is 1. The van der Waals surface area contributed by atoms with E-state index in [9.17, 15) is 9.59 Å². The summed E-state index contributed by atoms with van der Waals surface area (Å²) in [6, 6.07) is 11.1. The van der Waals surface area contributed by atoms with Gasteiger partial charge in [0.1, 0.15) is 0 Å². The van der Waals surface area contributed by atoms with Crippen LogP contribution in [0, 0.1) is 0 Å². The van der Waals surface area contributed by atoms with Crippen molar-refractivity contribution >= 4 is 28.4 Å². The number of benzene rings is 2. The van der Waals surface area contributed by atoms with Crippen LogP contribution >= 0.6 is 0 Å². The summed E-state index contributed by atoms with van der Waals surface area (Å²) >= 11 is 0. The molecule has 152 valence electrons. The number of rotatable bonds is 8. The molecule has 0 radical (unpaired) electrons. The monoisotopic (exact) mass is 396 g/mol. The van der Waals surface area contributed by atoms with Gasteiger partial charge in [0, 0.05) is 31.0 Å². The number of hydrogen-bond acceptors (Lipinski definition) is 5. The smallest absolute Gasteiger partial charge is 0.251 e. The first-order chi connectivity index (χ1) is 14.0. The van der Waals surface area contributed by atoms with E-state index in [0.717, 1.165) is 17.3 Å². The van der Waals surface area contributed by atoms with E-state index in [2.05, 4.69) is 15.7 Å². The van der Waals surface area contributed by atoms with Gasteiger partial charge in [0.2, 0.25) is 5.91 Å². The first-order valence-electron chi connectivity index (χ1n) is 9.26. The molecule has 29 heavy (non-hydrogen) atoms. The maximum absolute atomic E-state index is 12.6. The number of carbonyl (C=O) groups is 2. The highest BCUT2D eigenvalue weighted by atomic mass is 16.5. The van der Waals surface area contributed by atoms with Crippen molar-refractivity contribution in [2.24, 2.45) is 0 Å². The molecule has 0 bridgehead atoms. The largest absolute Gasteiger partial charge is 0.493 e. The minimum atomic E-state index is -0.269. The molecule has 1 aromatic heterocycles. The zero-order valence-electron chi connectivity index (χ0n) is 16.7. The van der Waals surface area contributed by atoms with E-state index < -0.39 is 0 Å². The van der Waals surface area contributed by atoms with Crippen LogP contribution < -0.4 is 20.1 Å². The van der Waals surface area contributed by atoms with Crippen LogP contribution in [0.2, 0.25) is 0 Å². The fraction of sp³-hybridized carbons (Fsp3) is 0.286. The van der Waals surface area contributed by atoms with E-state index >= 15 is 0 Å². The van der Waals surface area contributed by atoms with Crippen LogP contribution in [-0.4, -0.2) is 42.4 Å². The molecule has 0 aliphatic carbocycles. The first-order valence-corrected chi connectivity index (χ1v) is 9.26. The van der Waals surface area contributed by atoms with Crippen molar-refractivity contribution in [1.29, 1.82) is 0 Å². The second-order valence-electron chi connectivity index (χ2n) is 6.48. The normalized spacial score (nSPS) is 10.6. The Kier molecular flexibility index (Phi) is 6.33. The maximum Gasteiger partial charge on any atom is 0.251 e. The number of aryl methyl sites for hydroxylation is 1. The maximum atomic E-state index is 12.6. The van der Waals surface area contributed by atoms with Gasteiger partial charge in [-0.05, 0) is 24.6 Å². The van der Waals surface area contributed by atoms with Crippen molar-refractivity contribution in [3.05, 3.63) is 48.2 Å². The predicted molar refractivity (Wildman–Crippen MR) is 111 cm³/mol. The molecular formula is C21H24N4O4. The van der Waals surface area contributed by atoms with Crippen molar-refractivity contribution < 1.29 is 19.1 Å². The molecule has 8 nitrogen and oxygen atoms in total. The zero-order chi connectivity index (χ0) is 20.8. The van der Waals surface area contributed by atoms with E-state index in [1.54, 1.807) is 12.1 Å². The van der Waals surface area contributed by atoms with Crippen LogP contribution in [0.1, 0.15) is 23.7 Å². The number of amides is 2. The van der Waals surface area contributed by atoms with Gasteiger partial charge in [-0.2, -0.15) is 5.10 Å². The molecule has 0 aliphatic rings. The van der Waals surface area contributed by atoms with Crippen molar-refractivity contribution in [3.63, 3.8) is 0 Å². The molecule has 3 rings (SSSR count). The fourth-order valence-corrected chi connectivity index (χ4v) is 3.11. The van der Waals surface area contributed by atoms with Crippen LogP contribution in [0.4, 0.5) is 5.69 Å². The number of nitrogens with one attached hydrogen (secondary N) is 2. The van der Waals surface area contributed by atoms with Gasteiger partial charge in [-0.1, -0.05) is 18.2 Å². The third-order valence-electron chi connectivity index (χ3n) is 4.44. The molecule has 0 saturated heterocycles. The number of hydrogen-bond donors (Lipinski definition) is 2. The van der Waals surface area contributed by atoms with Gasteiger partial charge in [-0.25, -0.2) is 0 Å². The first kappa shape index (κ1) is 20.2. The summed E-state index contributed by atoms with van der Waals surface area (Å²) in [4.78, 5) is 24.0. The minimum absolute atomic E-state index is 0.261. The van der Waals surface area contributed by atoms with E-state index in [1.807, 2.05) is 35.1 Å². The van der Waals surface area contributed by atoms with Gasteiger partial charge in [0.05, 0.1) is 31.6 Å². The lowest BCUT2D eigenvalue weighted by atomic mass is 10.1. The number of fused-ring (bicyclic) bond motifs is 1. The Labute approximate surface area is 168 Å². The lowest BCUT2D eigenvalue weighted by Crippen LogP contribution is -2.25. The van der Waals surface area contributed by atoms with Gasteiger partial charge < -0.3 is 20.1 Å². The number of nitrogens with zero attached hydrogens (tertiary/aromatic N) is 2. The number of para-hydroxylation sites is 1. The second-order valence-corrected chi connectivity index (χ2v) is 6.48. The SMILES string of the molecule is COc1cc(C(=O)NCCCn2ncc3ccccc32)cc(NC(C)=O)c1OC. The molecular weight excluding hydrogens is 372 g/mol. The highest BCUT2D eigenvalue weighted by Gasteiger charge is 2.17. The van der Waals surface area contributed by atoms with Crippen LogP contribution in [0.5, 0.6) is 11.5 Å². The third-order valence-corrected chi connectivity index (χ3v) is 4.44. The minimum Gasteiger partial charge on any atom is -0.493 e. The molecule has 0 unspecified atom stereocenters. The molecule has 1 heterocycles. The number of methoxy groups -OCH3 is 2. The van der Waals surface area contributed by atoms with Gasteiger partial charge >= 0.3 is 0 Å². The summed E-state index contributed by atoms with van der Waals surface area (Å²) in [6.45, 7) is 2.56. The van der Waals surface area contributed by atoms with Gasteiger partial charge in [-0.3, -0.25) is 14.3 Å². The van der Waals surface area contributed by atoms with E-state index in [-0.39, 0.29) is 11.8 Å². The molecule has 0 spiro atoms. The predicted octanol–water partition coefficient (Wildman–Crippen LogP) is 2.83. The lowest BCUT2D eigenvalue weighted by molar-refractivity contribution is -0.114. The Balaban J connectivity index is 1.64. The topological polar surface area (TPSA) is 94.5 Å². The Hall–Kier alpha value is -3.55. The summed E-state index contributed by atoms with van der Waals surface area (Å²) in [7, 11) is 2.95. The van der Waals surface area contributed by atoms with Gasteiger partial charge in [-0.15, -0.1) is 0 Å². The lowest BCUT2D eigenvalue weighted by Gasteiger charge is -2.15. The Morgan fingerprint density at radius 3 is 2.66 bits per heavy atom. The van der Waals surface area contributed by atoms with Crippen LogP contribution in [0.25, 0.3) is 10.9 Å². The van der Waals surface area contributed by atoms with Crippen molar-refractivity contribution in [2.45, 2.75) is 19.9 Å². The molecule has 0 saturated carbocycles. The third kappa shape index (κ3) is 4.66. The standard InChI is InChI=1S/C21H24N4O4/c1-14(26)24-17-11-16(12-19(28-2)20(17)29-3)21(27)22-9-6-10-25-18-8-5-4-7-15(18)13-23-25/h4-5,7-8,11-13H,6,9-10H2,1-3H3,(H,22,27)(H,24,26). The molecule has 2 amide bonds. The fourth-order valence-electron chi connectivity index (χ4n) is 3.11. The summed E-state index contributed by atoms with van der Waals surface area (Å²) in [5.41, 5.74) is 1.82.